The van der Waals surface area contributed by atoms with Gasteiger partial charge in [0.2, 0.25) is 5.75 Å². The van der Waals surface area contributed by atoms with Gasteiger partial charge in [0.25, 0.3) is 0 Å². The van der Waals surface area contributed by atoms with E-state index in [1.807, 2.05) is 24.3 Å². The first-order valence-corrected chi connectivity index (χ1v) is 6.90. The molecule has 2 aromatic heterocycles. The molecule has 0 radical (unpaired) electrons. The lowest BCUT2D eigenvalue weighted by Crippen LogP contribution is -2.02. The largest absolute Gasteiger partial charge is 0.493 e. The lowest BCUT2D eigenvalue weighted by Gasteiger charge is -2.14. The fraction of sp³-hybridized carbons (Fsp3) is 0.188. The van der Waals surface area contributed by atoms with Crippen LogP contribution in [0.5, 0.6) is 17.2 Å². The van der Waals surface area contributed by atoms with Crippen molar-refractivity contribution in [3.63, 3.8) is 0 Å². The summed E-state index contributed by atoms with van der Waals surface area (Å²) in [6, 6.07) is 7.44. The van der Waals surface area contributed by atoms with Gasteiger partial charge in [-0.15, -0.1) is 17.5 Å². The maximum absolute atomic E-state index is 5.38. The highest BCUT2D eigenvalue weighted by molar-refractivity contribution is 5.85. The Labute approximate surface area is 145 Å². The molecule has 0 bridgehead atoms. The molecule has 0 amide bonds. The number of methoxy groups -OCH3 is 3. The number of ether oxygens (including phenoxy) is 3. The SMILES string of the molecule is COc1cc(-n2nncc2-c2cccnc2)cc(OC)c1OC.Cl. The molecule has 1 aromatic carbocycles. The first kappa shape index (κ1) is 17.6. The minimum atomic E-state index is 0. The topological polar surface area (TPSA) is 71.3 Å². The molecule has 0 spiro atoms. The van der Waals surface area contributed by atoms with Gasteiger partial charge >= 0.3 is 0 Å². The van der Waals surface area contributed by atoms with Crippen molar-refractivity contribution < 1.29 is 14.2 Å². The van der Waals surface area contributed by atoms with E-state index >= 15 is 0 Å². The molecule has 0 unspecified atom stereocenters. The predicted molar refractivity (Wildman–Crippen MR) is 91.5 cm³/mol. The van der Waals surface area contributed by atoms with Crippen molar-refractivity contribution in [2.75, 3.05) is 21.3 Å². The Kier molecular flexibility index (Phi) is 5.59. The Morgan fingerprint density at radius 1 is 0.958 bits per heavy atom. The molecule has 0 saturated heterocycles. The number of hydrogen-bond donors (Lipinski definition) is 0. The molecule has 0 saturated carbocycles. The zero-order chi connectivity index (χ0) is 16.2. The second-order valence-corrected chi connectivity index (χ2v) is 4.66. The van der Waals surface area contributed by atoms with Gasteiger partial charge in [0.05, 0.1) is 38.9 Å². The maximum atomic E-state index is 5.38. The molecule has 8 heteroatoms. The molecule has 0 aliphatic heterocycles. The lowest BCUT2D eigenvalue weighted by molar-refractivity contribution is 0.324. The molecule has 24 heavy (non-hydrogen) atoms. The highest BCUT2D eigenvalue weighted by Crippen LogP contribution is 2.39. The minimum absolute atomic E-state index is 0. The number of pyridine rings is 1. The van der Waals surface area contributed by atoms with Crippen LogP contribution in [0.15, 0.2) is 42.9 Å². The van der Waals surface area contributed by atoms with Crippen LogP contribution < -0.4 is 14.2 Å². The Hall–Kier alpha value is -2.80. The Balaban J connectivity index is 0.00000208. The van der Waals surface area contributed by atoms with E-state index in [-0.39, 0.29) is 12.4 Å². The van der Waals surface area contributed by atoms with E-state index in [2.05, 4.69) is 15.3 Å². The van der Waals surface area contributed by atoms with Gasteiger partial charge in [-0.1, -0.05) is 5.21 Å². The van der Waals surface area contributed by atoms with E-state index < -0.39 is 0 Å². The summed E-state index contributed by atoms with van der Waals surface area (Å²) < 4.78 is 17.8. The van der Waals surface area contributed by atoms with Crippen molar-refractivity contribution in [1.82, 2.24) is 20.0 Å². The van der Waals surface area contributed by atoms with Gasteiger partial charge in [-0.25, -0.2) is 4.68 Å². The van der Waals surface area contributed by atoms with Gasteiger partial charge < -0.3 is 14.2 Å². The third-order valence-corrected chi connectivity index (χ3v) is 3.40. The number of rotatable bonds is 5. The van der Waals surface area contributed by atoms with E-state index in [1.165, 1.54) is 0 Å². The summed E-state index contributed by atoms with van der Waals surface area (Å²) in [6.45, 7) is 0. The highest BCUT2D eigenvalue weighted by Gasteiger charge is 2.16. The van der Waals surface area contributed by atoms with Crippen LogP contribution in [-0.4, -0.2) is 41.3 Å². The average molecular weight is 349 g/mol. The number of benzene rings is 1. The van der Waals surface area contributed by atoms with E-state index in [9.17, 15) is 0 Å². The quantitative estimate of drug-likeness (QED) is 0.706. The summed E-state index contributed by atoms with van der Waals surface area (Å²) >= 11 is 0. The summed E-state index contributed by atoms with van der Waals surface area (Å²) in [7, 11) is 4.71. The van der Waals surface area contributed by atoms with Crippen LogP contribution >= 0.6 is 12.4 Å². The summed E-state index contributed by atoms with van der Waals surface area (Å²) in [5.74, 6) is 1.63. The number of halogens is 1. The molecule has 126 valence electrons. The zero-order valence-electron chi connectivity index (χ0n) is 13.5. The molecule has 0 N–H and O–H groups in total. The molecule has 0 atom stereocenters. The van der Waals surface area contributed by atoms with Gasteiger partial charge in [0.1, 0.15) is 0 Å². The number of nitrogens with zero attached hydrogens (tertiary/aromatic N) is 4. The molecule has 3 rings (SSSR count). The molecule has 0 fully saturated rings. The van der Waals surface area contributed by atoms with Crippen molar-refractivity contribution in [3.8, 4) is 34.2 Å². The molecule has 7 nitrogen and oxygen atoms in total. The Bertz CT molecular complexity index is 783. The van der Waals surface area contributed by atoms with Crippen LogP contribution in [0.4, 0.5) is 0 Å². The van der Waals surface area contributed by atoms with E-state index in [4.69, 9.17) is 14.2 Å². The smallest absolute Gasteiger partial charge is 0.203 e. The fourth-order valence-electron chi connectivity index (χ4n) is 2.33. The maximum Gasteiger partial charge on any atom is 0.203 e. The molecule has 0 aliphatic rings. The lowest BCUT2D eigenvalue weighted by atomic mass is 10.2. The van der Waals surface area contributed by atoms with Crippen molar-refractivity contribution in [1.29, 1.82) is 0 Å². The summed E-state index contributed by atoms with van der Waals surface area (Å²) in [4.78, 5) is 4.13. The molecule has 3 aromatic rings. The van der Waals surface area contributed by atoms with Gasteiger partial charge in [0.15, 0.2) is 11.5 Å². The first-order chi connectivity index (χ1) is 11.3. The van der Waals surface area contributed by atoms with Gasteiger partial charge in [-0.05, 0) is 12.1 Å². The van der Waals surface area contributed by atoms with E-state index in [0.29, 0.717) is 17.2 Å². The second-order valence-electron chi connectivity index (χ2n) is 4.66. The van der Waals surface area contributed by atoms with Crippen LogP contribution in [0.2, 0.25) is 0 Å². The Morgan fingerprint density at radius 3 is 2.21 bits per heavy atom. The van der Waals surface area contributed by atoms with Crippen LogP contribution in [0.25, 0.3) is 16.9 Å². The molecular formula is C16H17ClN4O3. The third-order valence-electron chi connectivity index (χ3n) is 3.40. The van der Waals surface area contributed by atoms with Crippen LogP contribution in [0.3, 0.4) is 0 Å². The van der Waals surface area contributed by atoms with Crippen molar-refractivity contribution in [3.05, 3.63) is 42.9 Å². The van der Waals surface area contributed by atoms with Crippen molar-refractivity contribution in [2.24, 2.45) is 0 Å². The summed E-state index contributed by atoms with van der Waals surface area (Å²) in [5, 5.41) is 8.16. The molecule has 0 aliphatic carbocycles. The van der Waals surface area contributed by atoms with Crippen molar-refractivity contribution >= 4 is 12.4 Å². The van der Waals surface area contributed by atoms with Crippen LogP contribution in [-0.2, 0) is 0 Å². The standard InChI is InChI=1S/C16H16N4O3.ClH/c1-21-14-7-12(8-15(22-2)16(14)23-3)20-13(10-18-19-20)11-5-4-6-17-9-11;/h4-10H,1-3H3;1H. The van der Waals surface area contributed by atoms with Gasteiger partial charge in [-0.3, -0.25) is 4.98 Å². The normalized spacial score (nSPS) is 9.96. The predicted octanol–water partition coefficient (Wildman–Crippen LogP) is 2.78. The van der Waals surface area contributed by atoms with E-state index in [0.717, 1.165) is 16.9 Å². The van der Waals surface area contributed by atoms with Crippen LogP contribution in [0.1, 0.15) is 0 Å². The number of hydrogen-bond acceptors (Lipinski definition) is 6. The minimum Gasteiger partial charge on any atom is -0.493 e. The summed E-state index contributed by atoms with van der Waals surface area (Å²) in [5.41, 5.74) is 2.47. The average Bonchev–Trinajstić information content (AvgIpc) is 3.10. The van der Waals surface area contributed by atoms with Gasteiger partial charge in [-0.2, -0.15) is 0 Å². The first-order valence-electron chi connectivity index (χ1n) is 6.90. The fourth-order valence-corrected chi connectivity index (χ4v) is 2.33. The second kappa shape index (κ2) is 7.65. The third kappa shape index (κ3) is 3.11. The summed E-state index contributed by atoms with van der Waals surface area (Å²) in [6.07, 6.45) is 5.16. The van der Waals surface area contributed by atoms with E-state index in [1.54, 1.807) is 44.6 Å². The monoisotopic (exact) mass is 348 g/mol. The van der Waals surface area contributed by atoms with Gasteiger partial charge in [0, 0.05) is 30.1 Å². The number of aromatic nitrogens is 4. The van der Waals surface area contributed by atoms with Crippen molar-refractivity contribution in [2.45, 2.75) is 0 Å². The molecular weight excluding hydrogens is 332 g/mol. The Morgan fingerprint density at radius 2 is 1.67 bits per heavy atom. The highest BCUT2D eigenvalue weighted by atomic mass is 35.5. The zero-order valence-corrected chi connectivity index (χ0v) is 14.3. The molecule has 2 heterocycles. The van der Waals surface area contributed by atoms with Crippen LogP contribution in [0, 0.1) is 0 Å².